The molecule has 0 unspecified atom stereocenters. The van der Waals surface area contributed by atoms with Crippen LogP contribution >= 0.6 is 0 Å². The van der Waals surface area contributed by atoms with Gasteiger partial charge in [0.15, 0.2) is 12.2 Å². The first-order valence-corrected chi connectivity index (χ1v) is 4.93. The van der Waals surface area contributed by atoms with Crippen molar-refractivity contribution in [3.8, 4) is 17.1 Å². The van der Waals surface area contributed by atoms with E-state index in [2.05, 4.69) is 9.97 Å². The van der Waals surface area contributed by atoms with E-state index < -0.39 is 0 Å². The number of oxazole rings is 1. The second kappa shape index (κ2) is 11.3. The van der Waals surface area contributed by atoms with Crippen molar-refractivity contribution in [2.24, 2.45) is 0 Å². The number of methoxy groups -OCH3 is 1. The number of ether oxygens (including phenoxy) is 1. The van der Waals surface area contributed by atoms with Crippen LogP contribution in [0.2, 0.25) is 0 Å². The van der Waals surface area contributed by atoms with Gasteiger partial charge in [-0.2, -0.15) is 13.8 Å². The maximum atomic E-state index is 5.11. The molecule has 2 heterocycles. The molecule has 2 aromatic heterocycles. The zero-order valence-electron chi connectivity index (χ0n) is 10.8. The van der Waals surface area contributed by atoms with Crippen LogP contribution in [0.5, 0.6) is 5.75 Å². The first-order chi connectivity index (χ1) is 7.81. The molecule has 0 N–H and O–H groups in total. The number of nitrogens with zero attached hydrogens (tertiary/aromatic N) is 2. The number of hydrogen-bond donors (Lipinski definition) is 0. The third-order valence-electron chi connectivity index (χ3n) is 1.67. The average Bonchev–Trinajstić information content (AvgIpc) is 2.84. The fourth-order valence-corrected chi connectivity index (χ4v) is 1.02. The molecule has 0 atom stereocenters. The van der Waals surface area contributed by atoms with Crippen molar-refractivity contribution >= 4 is 23.1 Å². The molecule has 0 aliphatic carbocycles. The summed E-state index contributed by atoms with van der Waals surface area (Å²) in [5, 5.41) is 0. The predicted molar refractivity (Wildman–Crippen MR) is 67.7 cm³/mol. The summed E-state index contributed by atoms with van der Waals surface area (Å²) < 4.78 is 10.1. The summed E-state index contributed by atoms with van der Waals surface area (Å²) in [4.78, 5) is 7.82. The maximum Gasteiger partial charge on any atom is 2.00 e. The Morgan fingerprint density at radius 1 is 1.17 bits per heavy atom. The van der Waals surface area contributed by atoms with Gasteiger partial charge in [-0.3, -0.25) is 4.98 Å². The molecule has 2 aromatic rings. The summed E-state index contributed by atoms with van der Waals surface area (Å²) in [6.45, 7) is 4.00. The van der Waals surface area contributed by atoms with Crippen molar-refractivity contribution in [1.82, 2.24) is 9.97 Å². The molecule has 0 radical (unpaired) electrons. The maximum absolute atomic E-state index is 5.11. The first-order valence-electron chi connectivity index (χ1n) is 4.93. The minimum absolute atomic E-state index is 0. The van der Waals surface area contributed by atoms with E-state index in [1.165, 1.54) is 6.39 Å². The largest absolute Gasteiger partial charge is 2.00 e. The molecule has 0 aromatic carbocycles. The number of hydrogen-bond acceptors (Lipinski definition) is 4. The smallest absolute Gasteiger partial charge is 1.00 e. The SMILES string of the molecule is COc1cncc(-c2cnco2)c1.C[CH-]C.[Cl-].[Mg+2]. The Labute approximate surface area is 130 Å². The molecule has 4 nitrogen and oxygen atoms in total. The second-order valence-corrected chi connectivity index (χ2v) is 3.06. The van der Waals surface area contributed by atoms with Gasteiger partial charge in [-0.05, 0) is 6.07 Å². The number of rotatable bonds is 2. The average molecular weight is 279 g/mol. The summed E-state index contributed by atoms with van der Waals surface area (Å²) in [6, 6.07) is 1.84. The Bertz CT molecular complexity index is 410. The number of aromatic nitrogens is 2. The number of halogens is 1. The quantitative estimate of drug-likeness (QED) is 0.554. The van der Waals surface area contributed by atoms with E-state index >= 15 is 0 Å². The fraction of sp³-hybridized carbons (Fsp3) is 0.250. The van der Waals surface area contributed by atoms with E-state index in [4.69, 9.17) is 9.15 Å². The molecule has 0 saturated carbocycles. The molecule has 0 aliphatic rings. The van der Waals surface area contributed by atoms with Gasteiger partial charge in [0, 0.05) is 11.8 Å². The monoisotopic (exact) mass is 278 g/mol. The van der Waals surface area contributed by atoms with Crippen LogP contribution in [-0.4, -0.2) is 40.1 Å². The third-order valence-corrected chi connectivity index (χ3v) is 1.67. The zero-order valence-corrected chi connectivity index (χ0v) is 12.9. The topological polar surface area (TPSA) is 48.2 Å². The molecule has 94 valence electrons. The number of pyridine rings is 1. The van der Waals surface area contributed by atoms with Crippen LogP contribution in [0.3, 0.4) is 0 Å². The van der Waals surface area contributed by atoms with Crippen molar-refractivity contribution in [3.63, 3.8) is 0 Å². The molecule has 0 saturated heterocycles. The van der Waals surface area contributed by atoms with E-state index in [1.54, 1.807) is 25.7 Å². The van der Waals surface area contributed by atoms with Crippen LogP contribution < -0.4 is 17.1 Å². The van der Waals surface area contributed by atoms with Crippen LogP contribution in [-0.2, 0) is 0 Å². The normalized spacial score (nSPS) is 8.17. The van der Waals surface area contributed by atoms with Gasteiger partial charge in [0.25, 0.3) is 0 Å². The van der Waals surface area contributed by atoms with E-state index in [9.17, 15) is 0 Å². The van der Waals surface area contributed by atoms with Crippen molar-refractivity contribution in [2.45, 2.75) is 13.8 Å². The Hall–Kier alpha value is -0.784. The summed E-state index contributed by atoms with van der Waals surface area (Å²) in [5.41, 5.74) is 0.858. The standard InChI is InChI=1S/C9H8N2O2.C3H7.ClH.Mg/c1-12-8-2-7(3-10-4-8)9-5-11-6-13-9;1-3-2;;/h2-6H,1H3;3H,1-2H3;1H;/q;-1;;+2/p-1. The van der Waals surface area contributed by atoms with Gasteiger partial charge in [0.05, 0.1) is 19.5 Å². The molecule has 0 aliphatic heterocycles. The Balaban J connectivity index is 0. The third kappa shape index (κ3) is 6.23. The first kappa shape index (κ1) is 19.6. The van der Waals surface area contributed by atoms with Crippen molar-refractivity contribution in [3.05, 3.63) is 37.5 Å². The van der Waals surface area contributed by atoms with Crippen molar-refractivity contribution in [2.75, 3.05) is 7.11 Å². The van der Waals surface area contributed by atoms with Gasteiger partial charge in [0.2, 0.25) is 0 Å². The minimum atomic E-state index is 0. The summed E-state index contributed by atoms with van der Waals surface area (Å²) in [6.07, 6.45) is 8.36. The molecular weight excluding hydrogens is 264 g/mol. The van der Waals surface area contributed by atoms with Gasteiger partial charge in [0.1, 0.15) is 5.75 Å². The van der Waals surface area contributed by atoms with Crippen LogP contribution in [0, 0.1) is 6.42 Å². The molecule has 18 heavy (non-hydrogen) atoms. The molecule has 6 heteroatoms. The molecular formula is C12H15ClMgN2O2. The molecule has 0 fully saturated rings. The van der Waals surface area contributed by atoms with Gasteiger partial charge >= 0.3 is 23.1 Å². The van der Waals surface area contributed by atoms with Crippen molar-refractivity contribution in [1.29, 1.82) is 0 Å². The van der Waals surface area contributed by atoms with Gasteiger partial charge in [-0.25, -0.2) is 4.98 Å². The van der Waals surface area contributed by atoms with Crippen molar-refractivity contribution < 1.29 is 21.6 Å². The Morgan fingerprint density at radius 3 is 2.33 bits per heavy atom. The summed E-state index contributed by atoms with van der Waals surface area (Å²) in [7, 11) is 1.60. The van der Waals surface area contributed by atoms with E-state index in [-0.39, 0.29) is 35.5 Å². The van der Waals surface area contributed by atoms with Crippen LogP contribution in [0.1, 0.15) is 13.8 Å². The summed E-state index contributed by atoms with van der Waals surface area (Å²) in [5.74, 6) is 1.39. The summed E-state index contributed by atoms with van der Waals surface area (Å²) >= 11 is 0. The molecule has 0 bridgehead atoms. The van der Waals surface area contributed by atoms with E-state index in [1.807, 2.05) is 26.3 Å². The van der Waals surface area contributed by atoms with Crippen LogP contribution in [0.15, 0.2) is 35.5 Å². The van der Waals surface area contributed by atoms with Crippen LogP contribution in [0.25, 0.3) is 11.3 Å². The Morgan fingerprint density at radius 2 is 1.83 bits per heavy atom. The molecule has 0 spiro atoms. The fourth-order valence-electron chi connectivity index (χ4n) is 1.02. The van der Waals surface area contributed by atoms with Gasteiger partial charge in [-0.1, -0.05) is 0 Å². The van der Waals surface area contributed by atoms with Crippen LogP contribution in [0.4, 0.5) is 0 Å². The van der Waals surface area contributed by atoms with Gasteiger partial charge < -0.3 is 28.0 Å². The predicted octanol–water partition coefficient (Wildman–Crippen LogP) is -0.401. The van der Waals surface area contributed by atoms with E-state index in [0.717, 1.165) is 5.56 Å². The second-order valence-electron chi connectivity index (χ2n) is 3.06. The van der Waals surface area contributed by atoms with Gasteiger partial charge in [-0.15, -0.1) is 0 Å². The Kier molecular flexibility index (Phi) is 12.3. The molecule has 2 rings (SSSR count). The van der Waals surface area contributed by atoms with E-state index in [0.29, 0.717) is 11.5 Å². The zero-order chi connectivity index (χ0) is 11.8. The minimum Gasteiger partial charge on any atom is -1.00 e. The molecule has 0 amide bonds.